The van der Waals surface area contributed by atoms with Crippen LogP contribution in [0.5, 0.6) is 23.0 Å². The van der Waals surface area contributed by atoms with Gasteiger partial charge in [-0.05, 0) is 43.0 Å². The Hall–Kier alpha value is -5.66. The molecule has 0 bridgehead atoms. The van der Waals surface area contributed by atoms with Crippen molar-refractivity contribution in [2.75, 3.05) is 42.5 Å². The molecule has 0 aliphatic heterocycles. The van der Waals surface area contributed by atoms with E-state index in [-0.39, 0.29) is 17.4 Å². The third-order valence-corrected chi connectivity index (χ3v) is 7.69. The number of rotatable bonds is 13. The summed E-state index contributed by atoms with van der Waals surface area (Å²) in [5.41, 5.74) is 3.14. The van der Waals surface area contributed by atoms with E-state index in [9.17, 15) is 24.8 Å². The van der Waals surface area contributed by atoms with Crippen LogP contribution in [0.25, 0.3) is 10.9 Å². The van der Waals surface area contributed by atoms with Gasteiger partial charge in [-0.1, -0.05) is 17.8 Å². The van der Waals surface area contributed by atoms with E-state index in [2.05, 4.69) is 16.8 Å². The Kier molecular flexibility index (Phi) is 12.5. The normalized spacial score (nSPS) is 11.5. The first-order valence-electron chi connectivity index (χ1n) is 15.3. The molecule has 0 radical (unpaired) electrons. The Labute approximate surface area is 289 Å². The van der Waals surface area contributed by atoms with Crippen molar-refractivity contribution in [3.05, 3.63) is 62.6 Å². The number of nitrogens with zero attached hydrogens (tertiary/aromatic N) is 6. The largest absolute Gasteiger partial charge is 0.547 e. The van der Waals surface area contributed by atoms with Gasteiger partial charge >= 0.3 is 5.95 Å². The van der Waals surface area contributed by atoms with Gasteiger partial charge in [0.1, 0.15) is 18.0 Å². The second-order valence-corrected chi connectivity index (χ2v) is 11.7. The van der Waals surface area contributed by atoms with E-state index >= 15 is 0 Å². The van der Waals surface area contributed by atoms with Crippen LogP contribution in [0.2, 0.25) is 0 Å². The highest BCUT2D eigenvalue weighted by Gasteiger charge is 2.32. The molecule has 0 amide bonds. The molecule has 2 aromatic carbocycles. The van der Waals surface area contributed by atoms with E-state index < -0.39 is 17.0 Å². The van der Waals surface area contributed by atoms with E-state index in [0.29, 0.717) is 74.8 Å². The quantitative estimate of drug-likeness (QED) is 0.0707. The molecule has 0 spiro atoms. The van der Waals surface area contributed by atoms with E-state index in [1.807, 2.05) is 21.0 Å². The fourth-order valence-corrected chi connectivity index (χ4v) is 5.33. The van der Waals surface area contributed by atoms with Crippen molar-refractivity contribution in [3.8, 4) is 34.8 Å². The minimum atomic E-state index is -1.44. The molecule has 1 unspecified atom stereocenters. The average molecular weight is 695 g/mol. The maximum absolute atomic E-state index is 14.1. The van der Waals surface area contributed by atoms with Crippen LogP contribution in [0.3, 0.4) is 0 Å². The van der Waals surface area contributed by atoms with Gasteiger partial charge in [-0.2, -0.15) is 5.10 Å². The first kappa shape index (κ1) is 38.8. The zero-order chi connectivity index (χ0) is 37.5. The van der Waals surface area contributed by atoms with Gasteiger partial charge in [0.2, 0.25) is 11.5 Å². The Bertz CT molecular complexity index is 1940. The van der Waals surface area contributed by atoms with E-state index in [0.717, 1.165) is 12.6 Å². The number of aryl methyl sites for hydroxylation is 1. The first-order valence-corrected chi connectivity index (χ1v) is 15.3. The first-order chi connectivity index (χ1) is 23.6. The van der Waals surface area contributed by atoms with Gasteiger partial charge in [-0.25, -0.2) is 9.25 Å². The molecule has 268 valence electrons. The van der Waals surface area contributed by atoms with E-state index in [1.54, 1.807) is 50.0 Å². The molecule has 4 aromatic rings. The molecule has 0 saturated carbocycles. The predicted molar refractivity (Wildman–Crippen MR) is 180 cm³/mol. The van der Waals surface area contributed by atoms with Crippen molar-refractivity contribution in [1.82, 2.24) is 19.3 Å². The molecule has 1 atom stereocenters. The molecule has 2 aromatic heterocycles. The number of aliphatic hydroxyl groups is 1. The van der Waals surface area contributed by atoms with Crippen LogP contribution in [0.4, 0.5) is 5.95 Å². The summed E-state index contributed by atoms with van der Waals surface area (Å²) in [6, 6.07) is 6.74. The molecule has 0 fully saturated rings. The van der Waals surface area contributed by atoms with Crippen molar-refractivity contribution < 1.29 is 48.2 Å². The number of fused-ring (bicyclic) bond motifs is 1. The third kappa shape index (κ3) is 8.13. The number of imidazole rings is 1. The number of carboxylic acids is 1. The summed E-state index contributed by atoms with van der Waals surface area (Å²) >= 11 is 0. The summed E-state index contributed by atoms with van der Waals surface area (Å²) < 4.78 is 25.6. The molecule has 2 heterocycles. The van der Waals surface area contributed by atoms with Crippen molar-refractivity contribution in [2.24, 2.45) is 7.05 Å². The maximum atomic E-state index is 14.1. The van der Waals surface area contributed by atoms with E-state index in [4.69, 9.17) is 29.2 Å². The number of carboxylic acid groups (broad SMARTS) is 1. The van der Waals surface area contributed by atoms with Gasteiger partial charge < -0.3 is 48.6 Å². The topological polar surface area (TPSA) is 193 Å². The molecule has 1 N–H and O–H groups in total. The Morgan fingerprint density at radius 2 is 1.64 bits per heavy atom. The average Bonchev–Trinajstić information content (AvgIpc) is 3.60. The van der Waals surface area contributed by atoms with E-state index in [1.165, 1.54) is 25.9 Å². The van der Waals surface area contributed by atoms with Crippen molar-refractivity contribution in [2.45, 2.75) is 46.5 Å². The Balaban J connectivity index is 0.00000103. The number of quaternary nitrogens is 1. The third-order valence-electron chi connectivity index (χ3n) is 7.69. The number of hydrogen-bond acceptors (Lipinski definition) is 12. The lowest BCUT2D eigenvalue weighted by molar-refractivity contribution is -0.926. The van der Waals surface area contributed by atoms with Crippen LogP contribution in [0, 0.1) is 22.0 Å². The van der Waals surface area contributed by atoms with Gasteiger partial charge in [0.15, 0.2) is 29.6 Å². The number of aliphatic carboxylic acids is 1. The summed E-state index contributed by atoms with van der Waals surface area (Å²) in [4.78, 5) is 38.8. The Morgan fingerprint density at radius 1 is 1.06 bits per heavy atom. The van der Waals surface area contributed by atoms with Crippen molar-refractivity contribution in [1.29, 1.82) is 0 Å². The highest BCUT2D eigenvalue weighted by molar-refractivity contribution is 6.16. The van der Waals surface area contributed by atoms with Gasteiger partial charge in [0.25, 0.3) is 0 Å². The minimum Gasteiger partial charge on any atom is -0.547 e. The summed E-state index contributed by atoms with van der Waals surface area (Å²) in [6.45, 7) is 5.49. The number of carbonyl (C=O) groups excluding carboxylic acids is 2. The summed E-state index contributed by atoms with van der Waals surface area (Å²) in [6.07, 6.45) is -0.798. The van der Waals surface area contributed by atoms with Gasteiger partial charge in [-0.15, -0.1) is 5.92 Å². The number of ether oxygens (including phenoxy) is 4. The number of methoxy groups -OCH3 is 4. The predicted octanol–water partition coefficient (Wildman–Crippen LogP) is 2.23. The number of nitro groups is 1. The maximum Gasteiger partial charge on any atom is 0.435 e. The zero-order valence-corrected chi connectivity index (χ0v) is 29.8. The van der Waals surface area contributed by atoms with Gasteiger partial charge in [0.05, 0.1) is 72.7 Å². The fourth-order valence-electron chi connectivity index (χ4n) is 5.33. The summed E-state index contributed by atoms with van der Waals surface area (Å²) in [5, 5.41) is 34.3. The molecular weight excluding hydrogens is 652 g/mol. The fraction of sp³-hybridized carbons (Fsp3) is 0.412. The summed E-state index contributed by atoms with van der Waals surface area (Å²) in [7, 11) is 11.6. The second kappa shape index (κ2) is 16.2. The molecule has 0 aliphatic carbocycles. The lowest BCUT2D eigenvalue weighted by Gasteiger charge is -2.29. The lowest BCUT2D eigenvalue weighted by Crippen LogP contribution is -2.41. The zero-order valence-electron chi connectivity index (χ0n) is 29.8. The minimum absolute atomic E-state index is 0.204. The number of aliphatic hydroxyl groups excluding tert-OH is 1. The van der Waals surface area contributed by atoms with Crippen LogP contribution in [0.1, 0.15) is 53.8 Å². The number of ketones is 1. The van der Waals surface area contributed by atoms with Crippen LogP contribution in [0.15, 0.2) is 24.3 Å². The highest BCUT2D eigenvalue weighted by atomic mass is 16.6. The highest BCUT2D eigenvalue weighted by Crippen LogP contribution is 2.39. The molecule has 16 nitrogen and oxygen atoms in total. The lowest BCUT2D eigenvalue weighted by atomic mass is 10.0. The summed E-state index contributed by atoms with van der Waals surface area (Å²) in [5.74, 6) is 5.68. The van der Waals surface area contributed by atoms with Crippen molar-refractivity contribution >= 4 is 28.6 Å². The number of hydrogen-bond donors (Lipinski definition) is 1. The number of carbonyl (C=O) groups is 2. The second-order valence-electron chi connectivity index (χ2n) is 11.7. The van der Waals surface area contributed by atoms with Crippen LogP contribution < -0.4 is 24.1 Å². The standard InChI is InChI=1S/C31H37N6O7.C3H6O3/c1-10-12-20-24(41-6)14-13-21-27(29(38)19-15-25(42-7)30(44-9)26(16-19)43-8)33-35(28(20)21)18-37(4,5)17-23-22(11-2)32-31(34(23)3)36(39)40;1-2(4)3(5)6/h13-16H,11,17-18H2,1-9H3;2,4H,1H3,(H,5,6)/q+1;/p-1. The van der Waals surface area contributed by atoms with Gasteiger partial charge in [-0.3, -0.25) is 4.79 Å². The van der Waals surface area contributed by atoms with Crippen molar-refractivity contribution in [3.63, 3.8) is 0 Å². The molecular formula is C34H42N6O10. The molecule has 0 aliphatic rings. The van der Waals surface area contributed by atoms with Crippen LogP contribution in [-0.4, -0.2) is 94.2 Å². The van der Waals surface area contributed by atoms with Crippen LogP contribution >= 0.6 is 0 Å². The number of aromatic nitrogens is 4. The molecule has 0 saturated heterocycles. The smallest absolute Gasteiger partial charge is 0.435 e. The monoisotopic (exact) mass is 694 g/mol. The van der Waals surface area contributed by atoms with Crippen LogP contribution in [-0.2, 0) is 31.5 Å². The molecule has 50 heavy (non-hydrogen) atoms. The van der Waals surface area contributed by atoms with Gasteiger partial charge in [0, 0.05) is 17.4 Å². The molecule has 4 rings (SSSR count). The Morgan fingerprint density at radius 3 is 2.10 bits per heavy atom. The SMILES string of the molecule is CC#Cc1c(OC)ccc2c(C(=O)c3cc(OC)c(OC)c(OC)c3)nn(C[N+](C)(C)Cc3c(CC)nc([N+](=O)[O-])n3C)c12.CC(O)C(=O)[O-]. The number of benzene rings is 2. The molecule has 16 heteroatoms.